The number of nitrogens with zero attached hydrogens (tertiary/aromatic N) is 3. The lowest BCUT2D eigenvalue weighted by atomic mass is 10.2. The van der Waals surface area contributed by atoms with E-state index < -0.39 is 0 Å². The zero-order valence-electron chi connectivity index (χ0n) is 16.9. The van der Waals surface area contributed by atoms with E-state index in [9.17, 15) is 0 Å². The maximum Gasteiger partial charge on any atom is 0.192 e. The van der Waals surface area contributed by atoms with Crippen LogP contribution in [0.15, 0.2) is 76.5 Å². The van der Waals surface area contributed by atoms with Crippen molar-refractivity contribution in [2.45, 2.75) is 18.6 Å². The number of rotatable bonds is 9. The number of aryl methyl sites for hydroxylation is 1. The van der Waals surface area contributed by atoms with Crippen LogP contribution in [-0.4, -0.2) is 34.2 Å². The number of hydrogen-bond acceptors (Lipinski definition) is 6. The minimum absolute atomic E-state index is 0.558. The molecule has 0 saturated heterocycles. The molecule has 0 radical (unpaired) electrons. The molecular weight excluding hydrogens is 398 g/mol. The van der Waals surface area contributed by atoms with Gasteiger partial charge < -0.3 is 13.9 Å². The Morgan fingerprint density at radius 1 is 1.00 bits per heavy atom. The van der Waals surface area contributed by atoms with Gasteiger partial charge in [0, 0.05) is 11.3 Å². The van der Waals surface area contributed by atoms with E-state index >= 15 is 0 Å². The Kier molecular flexibility index (Phi) is 6.39. The molecule has 0 N–H and O–H groups in total. The predicted molar refractivity (Wildman–Crippen MR) is 117 cm³/mol. The first-order valence-corrected chi connectivity index (χ1v) is 10.6. The third-order valence-corrected chi connectivity index (χ3v) is 5.46. The summed E-state index contributed by atoms with van der Waals surface area (Å²) >= 11 is 1.61. The average Bonchev–Trinajstić information content (AvgIpc) is 3.42. The van der Waals surface area contributed by atoms with Crippen LogP contribution in [0.25, 0.3) is 11.4 Å². The molecule has 0 aliphatic heterocycles. The van der Waals surface area contributed by atoms with Gasteiger partial charge >= 0.3 is 0 Å². The molecule has 0 aliphatic carbocycles. The van der Waals surface area contributed by atoms with Gasteiger partial charge in [0.1, 0.15) is 17.3 Å². The van der Waals surface area contributed by atoms with Gasteiger partial charge in [-0.1, -0.05) is 23.9 Å². The van der Waals surface area contributed by atoms with Crippen LogP contribution in [0, 0.1) is 6.92 Å². The van der Waals surface area contributed by atoms with Gasteiger partial charge in [0.2, 0.25) is 0 Å². The molecule has 154 valence electrons. The summed E-state index contributed by atoms with van der Waals surface area (Å²) in [6, 6.07) is 19.7. The van der Waals surface area contributed by atoms with E-state index in [4.69, 9.17) is 13.9 Å². The third-order valence-electron chi connectivity index (χ3n) is 4.53. The maximum atomic E-state index is 5.86. The molecule has 2 aromatic carbocycles. The fourth-order valence-electron chi connectivity index (χ4n) is 3.05. The molecule has 0 atom stereocenters. The second kappa shape index (κ2) is 9.54. The molecule has 0 fully saturated rings. The lowest BCUT2D eigenvalue weighted by Crippen LogP contribution is -2.05. The topological polar surface area (TPSA) is 62.3 Å². The molecule has 30 heavy (non-hydrogen) atoms. The second-order valence-electron chi connectivity index (χ2n) is 6.71. The summed E-state index contributed by atoms with van der Waals surface area (Å²) < 4.78 is 18.7. The first kappa shape index (κ1) is 20.1. The fraction of sp³-hybridized carbons (Fsp3) is 0.217. The highest BCUT2D eigenvalue weighted by atomic mass is 32.2. The van der Waals surface area contributed by atoms with E-state index in [0.717, 1.165) is 39.6 Å². The lowest BCUT2D eigenvalue weighted by Gasteiger charge is -2.10. The zero-order valence-corrected chi connectivity index (χ0v) is 17.8. The van der Waals surface area contributed by atoms with Crippen LogP contribution in [0.5, 0.6) is 11.5 Å². The molecule has 0 saturated carbocycles. The van der Waals surface area contributed by atoms with Crippen LogP contribution in [-0.2, 0) is 6.54 Å². The third kappa shape index (κ3) is 4.86. The van der Waals surface area contributed by atoms with E-state index in [0.29, 0.717) is 13.2 Å². The number of methoxy groups -OCH3 is 1. The molecular formula is C23H23N3O3S. The summed E-state index contributed by atoms with van der Waals surface area (Å²) in [5.74, 6) is 4.08. The summed E-state index contributed by atoms with van der Waals surface area (Å²) in [6.45, 7) is 3.20. The Labute approximate surface area is 179 Å². The van der Waals surface area contributed by atoms with Gasteiger partial charge in [-0.2, -0.15) is 0 Å². The standard InChI is InChI=1S/C23H23N3O3S/c1-17-5-3-6-20(15-17)29-13-14-30-23-25-24-22(18-8-10-19(27-2)11-9-18)26(23)16-21-7-4-12-28-21/h3-12,15H,13-14,16H2,1-2H3. The van der Waals surface area contributed by atoms with Gasteiger partial charge in [-0.15, -0.1) is 10.2 Å². The summed E-state index contributed by atoms with van der Waals surface area (Å²) in [6.07, 6.45) is 1.68. The highest BCUT2D eigenvalue weighted by Gasteiger charge is 2.16. The van der Waals surface area contributed by atoms with Crippen LogP contribution in [0.4, 0.5) is 0 Å². The first-order valence-electron chi connectivity index (χ1n) is 9.65. The number of ether oxygens (including phenoxy) is 2. The van der Waals surface area contributed by atoms with Gasteiger partial charge in [-0.05, 0) is 61.0 Å². The second-order valence-corrected chi connectivity index (χ2v) is 7.78. The number of hydrogen-bond donors (Lipinski definition) is 0. The highest BCUT2D eigenvalue weighted by Crippen LogP contribution is 2.27. The van der Waals surface area contributed by atoms with Crippen molar-refractivity contribution in [3.8, 4) is 22.9 Å². The lowest BCUT2D eigenvalue weighted by molar-refractivity contribution is 0.343. The summed E-state index contributed by atoms with van der Waals surface area (Å²) in [5.41, 5.74) is 2.15. The molecule has 2 heterocycles. The molecule has 2 aromatic heterocycles. The quantitative estimate of drug-likeness (QED) is 0.278. The Hall–Kier alpha value is -3.19. The van der Waals surface area contributed by atoms with Crippen LogP contribution in [0.2, 0.25) is 0 Å². The molecule has 0 unspecified atom stereocenters. The molecule has 0 spiro atoms. The van der Waals surface area contributed by atoms with E-state index in [1.165, 1.54) is 5.56 Å². The van der Waals surface area contributed by atoms with Crippen LogP contribution < -0.4 is 9.47 Å². The van der Waals surface area contributed by atoms with E-state index in [1.807, 2.05) is 54.6 Å². The van der Waals surface area contributed by atoms with E-state index in [-0.39, 0.29) is 0 Å². The van der Waals surface area contributed by atoms with E-state index in [2.05, 4.69) is 27.8 Å². The highest BCUT2D eigenvalue weighted by molar-refractivity contribution is 7.99. The minimum atomic E-state index is 0.558. The zero-order chi connectivity index (χ0) is 20.8. The number of aromatic nitrogens is 3. The SMILES string of the molecule is COc1ccc(-c2nnc(SCCOc3cccc(C)c3)n2Cc2ccco2)cc1. The minimum Gasteiger partial charge on any atom is -0.497 e. The molecule has 0 bridgehead atoms. The summed E-state index contributed by atoms with van der Waals surface area (Å²) in [7, 11) is 1.65. The van der Waals surface area contributed by atoms with Crippen molar-refractivity contribution in [1.29, 1.82) is 0 Å². The number of thioether (sulfide) groups is 1. The summed E-state index contributed by atoms with van der Waals surface area (Å²) in [4.78, 5) is 0. The normalized spacial score (nSPS) is 10.9. The van der Waals surface area contributed by atoms with Gasteiger partial charge in [-0.25, -0.2) is 0 Å². The van der Waals surface area contributed by atoms with Crippen LogP contribution >= 0.6 is 11.8 Å². The number of benzene rings is 2. The van der Waals surface area contributed by atoms with Gasteiger partial charge in [-0.3, -0.25) is 4.57 Å². The summed E-state index contributed by atoms with van der Waals surface area (Å²) in [5, 5.41) is 9.69. The fourth-order valence-corrected chi connectivity index (χ4v) is 3.80. The van der Waals surface area contributed by atoms with Crippen molar-refractivity contribution in [3.05, 3.63) is 78.3 Å². The predicted octanol–water partition coefficient (Wildman–Crippen LogP) is 5.07. The van der Waals surface area contributed by atoms with Gasteiger partial charge in [0.15, 0.2) is 11.0 Å². The number of furan rings is 1. The Morgan fingerprint density at radius 2 is 1.87 bits per heavy atom. The average molecular weight is 422 g/mol. The molecule has 0 aliphatic rings. The van der Waals surface area contributed by atoms with Gasteiger partial charge in [0.05, 0.1) is 26.5 Å². The Bertz CT molecular complexity index is 1080. The maximum absolute atomic E-state index is 5.86. The van der Waals surface area contributed by atoms with Crippen molar-refractivity contribution in [2.24, 2.45) is 0 Å². The van der Waals surface area contributed by atoms with Crippen molar-refractivity contribution < 1.29 is 13.9 Å². The van der Waals surface area contributed by atoms with Crippen LogP contribution in [0.3, 0.4) is 0 Å². The monoisotopic (exact) mass is 421 g/mol. The molecule has 0 amide bonds. The van der Waals surface area contributed by atoms with Crippen molar-refractivity contribution in [3.63, 3.8) is 0 Å². The Morgan fingerprint density at radius 3 is 2.60 bits per heavy atom. The van der Waals surface area contributed by atoms with E-state index in [1.54, 1.807) is 25.1 Å². The van der Waals surface area contributed by atoms with Crippen molar-refractivity contribution >= 4 is 11.8 Å². The van der Waals surface area contributed by atoms with Crippen molar-refractivity contribution in [2.75, 3.05) is 19.5 Å². The van der Waals surface area contributed by atoms with Crippen molar-refractivity contribution in [1.82, 2.24) is 14.8 Å². The Balaban J connectivity index is 1.49. The molecule has 4 aromatic rings. The molecule has 7 heteroatoms. The van der Waals surface area contributed by atoms with Gasteiger partial charge in [0.25, 0.3) is 0 Å². The van der Waals surface area contributed by atoms with Crippen LogP contribution in [0.1, 0.15) is 11.3 Å². The molecule has 4 rings (SSSR count). The first-order chi connectivity index (χ1) is 14.7. The smallest absolute Gasteiger partial charge is 0.192 e. The molecule has 6 nitrogen and oxygen atoms in total. The largest absolute Gasteiger partial charge is 0.497 e.